The number of unbranched alkanes of at least 4 members (excludes halogenated alkanes) is 1. The van der Waals surface area contributed by atoms with Gasteiger partial charge in [0, 0.05) is 26.1 Å². The van der Waals surface area contributed by atoms with Crippen LogP contribution in [0.5, 0.6) is 0 Å². The van der Waals surface area contributed by atoms with Gasteiger partial charge < -0.3 is 15.1 Å². The summed E-state index contributed by atoms with van der Waals surface area (Å²) in [6.07, 6.45) is 5.03. The summed E-state index contributed by atoms with van der Waals surface area (Å²) in [5.74, 6) is 0.814. The second-order valence-electron chi connectivity index (χ2n) is 8.13. The molecule has 0 bridgehead atoms. The minimum atomic E-state index is -0.574. The molecule has 2 aliphatic heterocycles. The van der Waals surface area contributed by atoms with Crippen LogP contribution in [-0.2, 0) is 9.59 Å². The lowest BCUT2D eigenvalue weighted by Gasteiger charge is -2.48. The summed E-state index contributed by atoms with van der Waals surface area (Å²) in [4.78, 5) is 29.9. The topological polar surface area (TPSA) is 52.7 Å². The van der Waals surface area contributed by atoms with Gasteiger partial charge in [0.15, 0.2) is 0 Å². The smallest absolute Gasteiger partial charge is 0.252 e. The van der Waals surface area contributed by atoms with Crippen LogP contribution in [0.15, 0.2) is 24.3 Å². The molecular formula is C22H33N3O2. The first-order valence-electron chi connectivity index (χ1n) is 10.5. The van der Waals surface area contributed by atoms with Crippen LogP contribution in [0.4, 0.5) is 11.4 Å². The number of piperidine rings is 1. The third kappa shape index (κ3) is 3.97. The monoisotopic (exact) mass is 371 g/mol. The van der Waals surface area contributed by atoms with E-state index in [0.29, 0.717) is 38.3 Å². The quantitative estimate of drug-likeness (QED) is 0.821. The molecule has 2 amide bonds. The maximum atomic E-state index is 13.4. The lowest BCUT2D eigenvalue weighted by Crippen LogP contribution is -2.62. The van der Waals surface area contributed by atoms with Crippen LogP contribution in [0.25, 0.3) is 0 Å². The van der Waals surface area contributed by atoms with Gasteiger partial charge in [-0.05, 0) is 37.3 Å². The number of likely N-dealkylation sites (tertiary alicyclic amines) is 1. The Balaban J connectivity index is 1.75. The van der Waals surface area contributed by atoms with E-state index in [-0.39, 0.29) is 11.8 Å². The fraction of sp³-hybridized carbons (Fsp3) is 0.636. The fourth-order valence-electron chi connectivity index (χ4n) is 4.08. The molecule has 0 radical (unpaired) electrons. The molecule has 5 heteroatoms. The second-order valence-corrected chi connectivity index (χ2v) is 8.13. The maximum Gasteiger partial charge on any atom is 0.252 e. The van der Waals surface area contributed by atoms with Gasteiger partial charge in [0.25, 0.3) is 5.91 Å². The first-order valence-corrected chi connectivity index (χ1v) is 10.5. The van der Waals surface area contributed by atoms with Crippen molar-refractivity contribution in [2.24, 2.45) is 5.92 Å². The average molecular weight is 372 g/mol. The Morgan fingerprint density at radius 1 is 1.22 bits per heavy atom. The molecule has 1 aromatic rings. The zero-order valence-electron chi connectivity index (χ0n) is 17.0. The number of amides is 2. The van der Waals surface area contributed by atoms with E-state index in [4.69, 9.17) is 0 Å². The number of para-hydroxylation sites is 2. The van der Waals surface area contributed by atoms with Gasteiger partial charge in [0.1, 0.15) is 5.54 Å². The highest BCUT2D eigenvalue weighted by atomic mass is 16.2. The summed E-state index contributed by atoms with van der Waals surface area (Å²) >= 11 is 0. The number of fused-ring (bicyclic) bond motifs is 1. The van der Waals surface area contributed by atoms with E-state index in [1.807, 2.05) is 28.0 Å². The fourth-order valence-corrected chi connectivity index (χ4v) is 4.08. The van der Waals surface area contributed by atoms with Crippen LogP contribution in [0, 0.1) is 5.92 Å². The molecule has 3 rings (SSSR count). The number of hydrogen-bond donors (Lipinski definition) is 1. The van der Waals surface area contributed by atoms with Crippen molar-refractivity contribution >= 4 is 23.2 Å². The van der Waals surface area contributed by atoms with Crippen molar-refractivity contribution in [1.82, 2.24) is 4.90 Å². The van der Waals surface area contributed by atoms with E-state index >= 15 is 0 Å². The van der Waals surface area contributed by atoms with E-state index < -0.39 is 5.54 Å². The minimum absolute atomic E-state index is 0.170. The summed E-state index contributed by atoms with van der Waals surface area (Å²) in [6, 6.07) is 8.08. The van der Waals surface area contributed by atoms with Crippen molar-refractivity contribution < 1.29 is 9.59 Å². The van der Waals surface area contributed by atoms with Gasteiger partial charge in [-0.1, -0.05) is 45.7 Å². The number of nitrogens with zero attached hydrogens (tertiary/aromatic N) is 2. The van der Waals surface area contributed by atoms with Crippen molar-refractivity contribution in [2.45, 2.75) is 64.8 Å². The molecule has 0 unspecified atom stereocenters. The molecule has 27 heavy (non-hydrogen) atoms. The Kier molecular flexibility index (Phi) is 6.08. The molecule has 2 heterocycles. The Hall–Kier alpha value is -2.04. The Bertz CT molecular complexity index is 680. The van der Waals surface area contributed by atoms with Gasteiger partial charge in [0.05, 0.1) is 11.4 Å². The first kappa shape index (κ1) is 19.7. The third-order valence-corrected chi connectivity index (χ3v) is 6.15. The zero-order valence-corrected chi connectivity index (χ0v) is 17.0. The van der Waals surface area contributed by atoms with Crippen molar-refractivity contribution in [3.8, 4) is 0 Å². The lowest BCUT2D eigenvalue weighted by atomic mass is 9.83. The molecule has 1 aromatic carbocycles. The number of nitrogens with one attached hydrogen (secondary N) is 1. The number of carbonyl (C=O) groups excluding carboxylic acids is 2. The van der Waals surface area contributed by atoms with Crippen LogP contribution in [-0.4, -0.2) is 41.9 Å². The largest absolute Gasteiger partial charge is 0.369 e. The number of hydrogen-bond acceptors (Lipinski definition) is 3. The van der Waals surface area contributed by atoms with E-state index in [1.165, 1.54) is 0 Å². The number of benzene rings is 1. The van der Waals surface area contributed by atoms with Crippen molar-refractivity contribution in [3.05, 3.63) is 24.3 Å². The highest BCUT2D eigenvalue weighted by Crippen LogP contribution is 2.40. The van der Waals surface area contributed by atoms with Crippen LogP contribution in [0.3, 0.4) is 0 Å². The predicted molar refractivity (Wildman–Crippen MR) is 110 cm³/mol. The minimum Gasteiger partial charge on any atom is -0.369 e. The van der Waals surface area contributed by atoms with Gasteiger partial charge in [-0.25, -0.2) is 0 Å². The number of anilines is 2. The van der Waals surface area contributed by atoms with Crippen LogP contribution >= 0.6 is 0 Å². The van der Waals surface area contributed by atoms with Crippen molar-refractivity contribution in [3.63, 3.8) is 0 Å². The molecule has 2 aliphatic rings. The van der Waals surface area contributed by atoms with E-state index in [0.717, 1.165) is 37.2 Å². The Labute approximate surface area is 163 Å². The average Bonchev–Trinajstić information content (AvgIpc) is 2.69. The van der Waals surface area contributed by atoms with E-state index in [9.17, 15) is 9.59 Å². The maximum absolute atomic E-state index is 13.4. The summed E-state index contributed by atoms with van der Waals surface area (Å²) in [6.45, 7) is 8.45. The third-order valence-electron chi connectivity index (χ3n) is 6.15. The number of carbonyl (C=O) groups is 2. The zero-order chi connectivity index (χ0) is 19.4. The lowest BCUT2D eigenvalue weighted by molar-refractivity contribution is -0.136. The molecule has 1 spiro atoms. The number of rotatable bonds is 6. The van der Waals surface area contributed by atoms with Gasteiger partial charge >= 0.3 is 0 Å². The van der Waals surface area contributed by atoms with Gasteiger partial charge in [0.2, 0.25) is 5.91 Å². The molecule has 0 aromatic heterocycles. The molecule has 1 saturated heterocycles. The molecular weight excluding hydrogens is 338 g/mol. The van der Waals surface area contributed by atoms with Crippen LogP contribution in [0.2, 0.25) is 0 Å². The highest BCUT2D eigenvalue weighted by Gasteiger charge is 2.47. The van der Waals surface area contributed by atoms with Gasteiger partial charge in [-0.3, -0.25) is 9.59 Å². The Morgan fingerprint density at radius 3 is 2.59 bits per heavy atom. The van der Waals surface area contributed by atoms with Crippen molar-refractivity contribution in [1.29, 1.82) is 0 Å². The Morgan fingerprint density at radius 2 is 1.93 bits per heavy atom. The summed E-state index contributed by atoms with van der Waals surface area (Å²) in [5, 5.41) is 3.55. The van der Waals surface area contributed by atoms with E-state index in [2.05, 4.69) is 32.2 Å². The first-order chi connectivity index (χ1) is 13.0. The normalized spacial score (nSPS) is 19.6. The molecule has 1 fully saturated rings. The molecule has 0 saturated carbocycles. The molecule has 0 aliphatic carbocycles. The molecule has 148 valence electrons. The summed E-state index contributed by atoms with van der Waals surface area (Å²) < 4.78 is 0. The van der Waals surface area contributed by atoms with Crippen LogP contribution < -0.4 is 10.2 Å². The second kappa shape index (κ2) is 8.32. The molecule has 5 nitrogen and oxygen atoms in total. The molecule has 1 atom stereocenters. The van der Waals surface area contributed by atoms with E-state index in [1.54, 1.807) is 0 Å². The SMILES string of the molecule is CCCCN1C(=O)C2(CCN(C(=O)C[C@H](C)CC)CC2)Nc2ccccc21. The van der Waals surface area contributed by atoms with Gasteiger partial charge in [-0.15, -0.1) is 0 Å². The summed E-state index contributed by atoms with van der Waals surface area (Å²) in [7, 11) is 0. The predicted octanol–water partition coefficient (Wildman–Crippen LogP) is 4.04. The van der Waals surface area contributed by atoms with Crippen LogP contribution in [0.1, 0.15) is 59.3 Å². The van der Waals surface area contributed by atoms with Crippen molar-refractivity contribution in [2.75, 3.05) is 29.9 Å². The molecule has 1 N–H and O–H groups in total. The standard InChI is InChI=1S/C22H33N3O2/c1-4-6-13-25-19-10-8-7-9-18(19)23-22(21(25)27)11-14-24(15-12-22)20(26)16-17(3)5-2/h7-10,17,23H,4-6,11-16H2,1-3H3/t17-/m1/s1. The summed E-state index contributed by atoms with van der Waals surface area (Å²) in [5.41, 5.74) is 1.44. The van der Waals surface area contributed by atoms with Gasteiger partial charge in [-0.2, -0.15) is 0 Å². The highest BCUT2D eigenvalue weighted by molar-refractivity contribution is 6.08.